The number of rotatable bonds is 10. The average Bonchev–Trinajstić information content (AvgIpc) is 4.11. The summed E-state index contributed by atoms with van der Waals surface area (Å²) in [5.41, 5.74) is 0. The fourth-order valence-electron chi connectivity index (χ4n) is 13.2. The Bertz CT molecular complexity index is 2410. The Balaban J connectivity index is 1.77. The standard InChI is InChI=1S/C63H107ClF3N11O10/c1-17-39(6)55-61(87)73(12)35-53(81)71(10)36-54(82)76(15)50(33-44-22-27-46(64)28-23-44)60(86)72(11)34-51(79)69-47(29-24-43-20-25-45(26-21-43)63(65,66)67)59(85)78-30-18-19-48(78)41(8)75(14)56(38(4)5)62(88)77(16)49(31-37(2)3)58(84)68-40(7)32-52(80)74(13)42(9)57(83)70-55/h37-50,55-56H,17-36H2,1-16H3,(H,68,84)(H,69,79)(H,70,83)/t39-,40+,41?,42-,43?,44?,45?,46?,47-,48-,49-,50-,55-,56-/m0/s1. The maximum atomic E-state index is 15.2. The Hall–Kier alpha value is -5.26. The van der Waals surface area contributed by atoms with E-state index in [1.54, 1.807) is 25.8 Å². The molecule has 0 aromatic carbocycles. The van der Waals surface area contributed by atoms with Crippen LogP contribution in [0.5, 0.6) is 0 Å². The number of likely N-dealkylation sites (N-methyl/N-ethyl adjacent to an activating group) is 7. The summed E-state index contributed by atoms with van der Waals surface area (Å²) in [6, 6.07) is -7.79. The van der Waals surface area contributed by atoms with Crippen LogP contribution in [0.3, 0.4) is 0 Å². The molecule has 0 bridgehead atoms. The predicted molar refractivity (Wildman–Crippen MR) is 331 cm³/mol. The molecule has 25 heteroatoms. The number of hydrogen-bond acceptors (Lipinski definition) is 11. The first-order chi connectivity index (χ1) is 41.0. The highest BCUT2D eigenvalue weighted by atomic mass is 35.5. The van der Waals surface area contributed by atoms with Gasteiger partial charge in [0.25, 0.3) is 0 Å². The smallest absolute Gasteiger partial charge is 0.351 e. The molecule has 0 spiro atoms. The molecular weight excluding hydrogens is 1160 g/mol. The van der Waals surface area contributed by atoms with Gasteiger partial charge in [-0.15, -0.1) is 11.6 Å². The number of carbonyl (C=O) groups is 10. The van der Waals surface area contributed by atoms with Gasteiger partial charge in [-0.3, -0.25) is 52.8 Å². The summed E-state index contributed by atoms with van der Waals surface area (Å²) in [5.74, 6) is -7.67. The number of alkyl halides is 4. The molecule has 10 amide bonds. The van der Waals surface area contributed by atoms with Gasteiger partial charge in [-0.2, -0.15) is 13.2 Å². The molecule has 2 saturated carbocycles. The number of hydrogen-bond donors (Lipinski definition) is 3. The molecular formula is C63H107ClF3N11O10. The van der Waals surface area contributed by atoms with Gasteiger partial charge in [-0.25, -0.2) is 0 Å². The first-order valence-electron chi connectivity index (χ1n) is 32.2. The molecule has 1 unspecified atom stereocenters. The molecule has 4 fully saturated rings. The molecule has 0 aromatic rings. The molecule has 10 atom stereocenters. The first-order valence-corrected chi connectivity index (χ1v) is 32.6. The van der Waals surface area contributed by atoms with Gasteiger partial charge >= 0.3 is 6.18 Å². The molecule has 4 rings (SSSR count). The minimum absolute atomic E-state index is 0.0148. The highest BCUT2D eigenvalue weighted by Crippen LogP contribution is 2.41. The van der Waals surface area contributed by atoms with Gasteiger partial charge in [0.2, 0.25) is 59.1 Å². The Morgan fingerprint density at radius 3 is 1.74 bits per heavy atom. The van der Waals surface area contributed by atoms with Crippen molar-refractivity contribution >= 4 is 70.7 Å². The van der Waals surface area contributed by atoms with E-state index in [1.165, 1.54) is 61.8 Å². The average molecular weight is 1270 g/mol. The van der Waals surface area contributed by atoms with Gasteiger partial charge in [0.15, 0.2) is 0 Å². The lowest BCUT2D eigenvalue weighted by molar-refractivity contribution is -0.184. The molecule has 0 radical (unpaired) electrons. The Labute approximate surface area is 526 Å². The second-order valence-electron chi connectivity index (χ2n) is 27.1. The van der Waals surface area contributed by atoms with Crippen molar-refractivity contribution in [2.24, 2.45) is 35.5 Å². The third-order valence-corrected chi connectivity index (χ3v) is 19.9. The van der Waals surface area contributed by atoms with Crippen LogP contribution in [0, 0.1) is 35.5 Å². The summed E-state index contributed by atoms with van der Waals surface area (Å²) in [6.07, 6.45) is 1.38. The van der Waals surface area contributed by atoms with Gasteiger partial charge in [0.1, 0.15) is 30.2 Å². The first kappa shape index (κ1) is 75.2. The second-order valence-corrected chi connectivity index (χ2v) is 27.7. The lowest BCUT2D eigenvalue weighted by atomic mass is 9.79. The van der Waals surface area contributed by atoms with Crippen LogP contribution in [-0.2, 0) is 47.9 Å². The van der Waals surface area contributed by atoms with Crippen LogP contribution in [0.1, 0.15) is 165 Å². The Morgan fingerprint density at radius 2 is 1.17 bits per heavy atom. The molecule has 4 aliphatic rings. The van der Waals surface area contributed by atoms with Crippen LogP contribution in [-0.4, -0.2) is 240 Å². The number of nitrogens with one attached hydrogen (secondary N) is 3. The maximum Gasteiger partial charge on any atom is 0.391 e. The van der Waals surface area contributed by atoms with Gasteiger partial charge in [-0.1, -0.05) is 48.0 Å². The van der Waals surface area contributed by atoms with Crippen molar-refractivity contribution in [2.45, 2.75) is 231 Å². The highest BCUT2D eigenvalue weighted by molar-refractivity contribution is 6.20. The predicted octanol–water partition coefficient (Wildman–Crippen LogP) is 5.51. The van der Waals surface area contributed by atoms with E-state index < -0.39 is 145 Å². The molecule has 3 N–H and O–H groups in total. The van der Waals surface area contributed by atoms with Gasteiger partial charge in [0, 0.05) is 78.8 Å². The number of nitrogens with zero attached hydrogens (tertiary/aromatic N) is 8. The minimum atomic E-state index is -4.31. The van der Waals surface area contributed by atoms with Crippen LogP contribution in [0.25, 0.3) is 0 Å². The Morgan fingerprint density at radius 1 is 0.591 bits per heavy atom. The van der Waals surface area contributed by atoms with Crippen molar-refractivity contribution in [1.29, 1.82) is 0 Å². The fraction of sp³-hybridized carbons (Fsp3) is 0.841. The van der Waals surface area contributed by atoms with E-state index in [0.717, 1.165) is 9.80 Å². The molecule has 21 nitrogen and oxygen atoms in total. The van der Waals surface area contributed by atoms with E-state index in [9.17, 15) is 56.3 Å². The van der Waals surface area contributed by atoms with Crippen LogP contribution in [0.15, 0.2) is 0 Å². The van der Waals surface area contributed by atoms with E-state index in [4.69, 9.17) is 11.6 Å². The van der Waals surface area contributed by atoms with Gasteiger partial charge in [0.05, 0.1) is 31.6 Å². The monoisotopic (exact) mass is 1270 g/mol. The van der Waals surface area contributed by atoms with Crippen LogP contribution < -0.4 is 16.0 Å². The highest BCUT2D eigenvalue weighted by Gasteiger charge is 2.45. The van der Waals surface area contributed by atoms with E-state index in [1.807, 2.05) is 53.5 Å². The molecule has 0 aromatic heterocycles. The number of amides is 10. The summed E-state index contributed by atoms with van der Waals surface area (Å²) in [7, 11) is 10.5. The minimum Gasteiger partial charge on any atom is -0.351 e. The molecule has 2 saturated heterocycles. The zero-order valence-corrected chi connectivity index (χ0v) is 56.3. The van der Waals surface area contributed by atoms with Crippen LogP contribution in [0.2, 0.25) is 0 Å². The number of fused-ring (bicyclic) bond motifs is 1. The lowest BCUT2D eigenvalue weighted by Gasteiger charge is -2.43. The number of carbonyl (C=O) groups excluding carboxylic acids is 10. The number of halogens is 4. The van der Waals surface area contributed by atoms with E-state index >= 15 is 4.79 Å². The molecule has 2 aliphatic carbocycles. The fourth-order valence-corrected chi connectivity index (χ4v) is 13.4. The largest absolute Gasteiger partial charge is 0.391 e. The summed E-state index contributed by atoms with van der Waals surface area (Å²) >= 11 is 6.49. The summed E-state index contributed by atoms with van der Waals surface area (Å²) in [6.45, 7) is 15.2. The van der Waals surface area contributed by atoms with Crippen molar-refractivity contribution in [3.05, 3.63) is 0 Å². The molecule has 2 heterocycles. The quantitative estimate of drug-likeness (QED) is 0.231. The molecule has 502 valence electrons. The van der Waals surface area contributed by atoms with Crippen LogP contribution >= 0.6 is 11.6 Å². The van der Waals surface area contributed by atoms with Crippen LogP contribution in [0.4, 0.5) is 13.2 Å². The van der Waals surface area contributed by atoms with Crippen molar-refractivity contribution in [1.82, 2.24) is 55.1 Å². The normalized spacial score (nSPS) is 31.5. The van der Waals surface area contributed by atoms with Crippen molar-refractivity contribution in [2.75, 3.05) is 75.5 Å². The third-order valence-electron chi connectivity index (χ3n) is 19.5. The zero-order valence-electron chi connectivity index (χ0n) is 55.6. The summed E-state index contributed by atoms with van der Waals surface area (Å²) in [4.78, 5) is 155. The topological polar surface area (TPSA) is 233 Å². The maximum absolute atomic E-state index is 15.2. The van der Waals surface area contributed by atoms with Crippen molar-refractivity contribution in [3.63, 3.8) is 0 Å². The van der Waals surface area contributed by atoms with Gasteiger partial charge in [-0.05, 0) is 147 Å². The van der Waals surface area contributed by atoms with Gasteiger partial charge < -0.3 is 50.2 Å². The third kappa shape index (κ3) is 20.6. The van der Waals surface area contributed by atoms with Crippen molar-refractivity contribution in [3.8, 4) is 0 Å². The van der Waals surface area contributed by atoms with E-state index in [0.29, 0.717) is 70.8 Å². The summed E-state index contributed by atoms with van der Waals surface area (Å²) < 4.78 is 41.3. The van der Waals surface area contributed by atoms with E-state index in [-0.39, 0.29) is 73.5 Å². The molecule has 88 heavy (non-hydrogen) atoms. The second kappa shape index (κ2) is 33.7. The summed E-state index contributed by atoms with van der Waals surface area (Å²) in [5, 5.41) is 8.63. The van der Waals surface area contributed by atoms with E-state index in [2.05, 4.69) is 16.0 Å². The molecule has 2 aliphatic heterocycles. The Kier molecular flexibility index (Phi) is 28.8. The zero-order chi connectivity index (χ0) is 66.4. The van der Waals surface area contributed by atoms with Crippen molar-refractivity contribution < 1.29 is 61.1 Å². The SMILES string of the molecule is CC[C@H](C)[C@@H]1NC(=O)[C@H](C)N(C)C(=O)C[C@@H](C)NC(=O)[C@H](CC(C)C)N(C)C(=O)[C@H](C(C)C)N(C)C(C)[C@@H]2CCCN2C(=O)[C@H](CCC2CCC(C(F)(F)F)CC2)NC(=O)CN(C)C(=O)[C@H](CC2CCC(Cl)CC2)N(C)C(=O)CN(C)C(=O)CN(C)C1=O. The lowest BCUT2D eigenvalue weighted by Crippen LogP contribution is -2.61.